The van der Waals surface area contributed by atoms with E-state index in [1.807, 2.05) is 42.5 Å². The zero-order chi connectivity index (χ0) is 14.0. The van der Waals surface area contributed by atoms with Gasteiger partial charge >= 0.3 is 0 Å². The number of carbonyl (C=O) groups is 1. The van der Waals surface area contributed by atoms with Gasteiger partial charge in [-0.25, -0.2) is 0 Å². The second-order valence-corrected chi connectivity index (χ2v) is 5.09. The number of hydrogen-bond donors (Lipinski definition) is 1. The number of benzene rings is 2. The first-order chi connectivity index (χ1) is 9.76. The number of rotatable bonds is 3. The monoisotopic (exact) mass is 262 g/mol. The topological polar surface area (TPSA) is 52.9 Å². The molecule has 1 aliphatic rings. The molecule has 2 aromatic rings. The third-order valence-corrected chi connectivity index (χ3v) is 3.90. The Labute approximate surface area is 117 Å². The van der Waals surface area contributed by atoms with Gasteiger partial charge in [0.1, 0.15) is 0 Å². The summed E-state index contributed by atoms with van der Waals surface area (Å²) in [6.45, 7) is 0. The van der Waals surface area contributed by atoms with Crippen LogP contribution in [0.15, 0.2) is 54.6 Å². The number of carbonyl (C=O) groups excluding carboxylic acids is 1. The average molecular weight is 262 g/mol. The van der Waals surface area contributed by atoms with Crippen molar-refractivity contribution in [1.29, 1.82) is 5.26 Å². The molecular formula is C17H14N2O. The number of amides is 1. The molecule has 0 atom stereocenters. The largest absolute Gasteiger partial charge is 0.273 e. The molecule has 0 bridgehead atoms. The third kappa shape index (κ3) is 2.06. The SMILES string of the molecule is N#CNC(=O)C1(c2ccc(-c3ccccc3)cc2)CC1. The van der Waals surface area contributed by atoms with Crippen LogP contribution in [0.5, 0.6) is 0 Å². The minimum atomic E-state index is -0.481. The smallest absolute Gasteiger partial charge is 0.243 e. The molecule has 0 aliphatic heterocycles. The maximum absolute atomic E-state index is 11.9. The first-order valence-corrected chi connectivity index (χ1v) is 6.62. The van der Waals surface area contributed by atoms with E-state index in [1.54, 1.807) is 6.19 Å². The average Bonchev–Trinajstić information content (AvgIpc) is 3.30. The van der Waals surface area contributed by atoms with E-state index in [2.05, 4.69) is 17.4 Å². The highest BCUT2D eigenvalue weighted by Gasteiger charge is 2.51. The van der Waals surface area contributed by atoms with Crippen molar-refractivity contribution in [1.82, 2.24) is 5.32 Å². The molecule has 0 heterocycles. The molecule has 20 heavy (non-hydrogen) atoms. The molecule has 1 fully saturated rings. The van der Waals surface area contributed by atoms with Crippen LogP contribution in [-0.4, -0.2) is 5.91 Å². The van der Waals surface area contributed by atoms with Crippen LogP contribution in [-0.2, 0) is 10.2 Å². The van der Waals surface area contributed by atoms with Crippen LogP contribution in [0.1, 0.15) is 18.4 Å². The van der Waals surface area contributed by atoms with Gasteiger partial charge in [0.15, 0.2) is 6.19 Å². The summed E-state index contributed by atoms with van der Waals surface area (Å²) in [7, 11) is 0. The molecule has 1 N–H and O–H groups in total. The fourth-order valence-electron chi connectivity index (χ4n) is 2.55. The maximum Gasteiger partial charge on any atom is 0.243 e. The Kier molecular flexibility index (Phi) is 3.00. The van der Waals surface area contributed by atoms with Gasteiger partial charge in [0, 0.05) is 0 Å². The molecule has 0 aromatic heterocycles. The zero-order valence-electron chi connectivity index (χ0n) is 11.0. The van der Waals surface area contributed by atoms with Crippen molar-refractivity contribution in [2.75, 3.05) is 0 Å². The van der Waals surface area contributed by atoms with Crippen molar-refractivity contribution in [2.24, 2.45) is 0 Å². The van der Waals surface area contributed by atoms with Crippen LogP contribution in [0, 0.1) is 11.5 Å². The second kappa shape index (κ2) is 4.82. The van der Waals surface area contributed by atoms with Crippen molar-refractivity contribution >= 4 is 5.91 Å². The number of nitrogens with zero attached hydrogens (tertiary/aromatic N) is 1. The Hall–Kier alpha value is -2.60. The quantitative estimate of drug-likeness (QED) is 0.683. The molecule has 3 heteroatoms. The molecule has 1 saturated carbocycles. The van der Waals surface area contributed by atoms with Crippen molar-refractivity contribution in [2.45, 2.75) is 18.3 Å². The van der Waals surface area contributed by atoms with Gasteiger partial charge in [0.25, 0.3) is 0 Å². The summed E-state index contributed by atoms with van der Waals surface area (Å²) in [5.74, 6) is -0.188. The normalized spacial score (nSPS) is 15.2. The van der Waals surface area contributed by atoms with E-state index in [0.717, 1.165) is 29.5 Å². The summed E-state index contributed by atoms with van der Waals surface area (Å²) in [5.41, 5.74) is 2.80. The Bertz CT molecular complexity index is 664. The van der Waals surface area contributed by atoms with Gasteiger partial charge in [-0.3, -0.25) is 10.1 Å². The fraction of sp³-hybridized carbons (Fsp3) is 0.176. The van der Waals surface area contributed by atoms with Gasteiger partial charge < -0.3 is 0 Å². The van der Waals surface area contributed by atoms with E-state index < -0.39 is 5.41 Å². The van der Waals surface area contributed by atoms with E-state index in [1.165, 1.54) is 0 Å². The van der Waals surface area contributed by atoms with Crippen LogP contribution >= 0.6 is 0 Å². The molecule has 0 unspecified atom stereocenters. The molecule has 0 saturated heterocycles. The van der Waals surface area contributed by atoms with E-state index in [-0.39, 0.29) is 5.91 Å². The molecule has 0 radical (unpaired) electrons. The summed E-state index contributed by atoms with van der Waals surface area (Å²) in [6, 6.07) is 18.2. The van der Waals surface area contributed by atoms with Crippen molar-refractivity contribution in [3.63, 3.8) is 0 Å². The molecule has 3 rings (SSSR count). The zero-order valence-corrected chi connectivity index (χ0v) is 11.0. The lowest BCUT2D eigenvalue weighted by atomic mass is 9.93. The standard InChI is InChI=1S/C17H14N2O/c18-12-19-16(20)17(10-11-17)15-8-6-14(7-9-15)13-4-2-1-3-5-13/h1-9H,10-11H2,(H,19,20). The Morgan fingerprint density at radius 3 is 2.15 bits per heavy atom. The van der Waals surface area contributed by atoms with Gasteiger partial charge in [-0.05, 0) is 29.5 Å². The summed E-state index contributed by atoms with van der Waals surface area (Å²) in [4.78, 5) is 11.9. The van der Waals surface area contributed by atoms with Crippen molar-refractivity contribution < 1.29 is 4.79 Å². The van der Waals surface area contributed by atoms with Crippen LogP contribution < -0.4 is 5.32 Å². The van der Waals surface area contributed by atoms with Gasteiger partial charge in [-0.2, -0.15) is 5.26 Å². The minimum absolute atomic E-state index is 0.188. The highest BCUT2D eigenvalue weighted by atomic mass is 16.2. The van der Waals surface area contributed by atoms with E-state index >= 15 is 0 Å². The minimum Gasteiger partial charge on any atom is -0.273 e. The lowest BCUT2D eigenvalue weighted by molar-refractivity contribution is -0.122. The number of nitrogens with one attached hydrogen (secondary N) is 1. The molecule has 3 nitrogen and oxygen atoms in total. The first kappa shape index (κ1) is 12.4. The van der Waals surface area contributed by atoms with Crippen LogP contribution in [0.4, 0.5) is 0 Å². The predicted octanol–water partition coefficient (Wildman–Crippen LogP) is 2.98. The lowest BCUT2D eigenvalue weighted by Crippen LogP contribution is -2.31. The van der Waals surface area contributed by atoms with Gasteiger partial charge in [0.05, 0.1) is 5.41 Å². The number of nitriles is 1. The highest BCUT2D eigenvalue weighted by molar-refractivity contribution is 5.92. The predicted molar refractivity (Wildman–Crippen MR) is 76.5 cm³/mol. The fourth-order valence-corrected chi connectivity index (χ4v) is 2.55. The van der Waals surface area contributed by atoms with Gasteiger partial charge in [-0.1, -0.05) is 54.6 Å². The van der Waals surface area contributed by atoms with Crippen LogP contribution in [0.3, 0.4) is 0 Å². The third-order valence-electron chi connectivity index (χ3n) is 3.90. The van der Waals surface area contributed by atoms with E-state index in [0.29, 0.717) is 0 Å². The molecule has 0 spiro atoms. The van der Waals surface area contributed by atoms with Gasteiger partial charge in [0.2, 0.25) is 5.91 Å². The van der Waals surface area contributed by atoms with Gasteiger partial charge in [-0.15, -0.1) is 0 Å². The molecule has 1 amide bonds. The van der Waals surface area contributed by atoms with Crippen molar-refractivity contribution in [3.05, 3.63) is 60.2 Å². The number of hydrogen-bond acceptors (Lipinski definition) is 2. The first-order valence-electron chi connectivity index (χ1n) is 6.62. The van der Waals surface area contributed by atoms with E-state index in [9.17, 15) is 4.79 Å². The van der Waals surface area contributed by atoms with Crippen LogP contribution in [0.2, 0.25) is 0 Å². The second-order valence-electron chi connectivity index (χ2n) is 5.09. The van der Waals surface area contributed by atoms with E-state index in [4.69, 9.17) is 5.26 Å². The Balaban J connectivity index is 1.88. The highest BCUT2D eigenvalue weighted by Crippen LogP contribution is 2.48. The van der Waals surface area contributed by atoms with Crippen LogP contribution in [0.25, 0.3) is 11.1 Å². The molecule has 2 aromatic carbocycles. The Morgan fingerprint density at radius 2 is 1.60 bits per heavy atom. The lowest BCUT2D eigenvalue weighted by Gasteiger charge is -2.13. The summed E-state index contributed by atoms with van der Waals surface area (Å²) >= 11 is 0. The molecule has 1 aliphatic carbocycles. The van der Waals surface area contributed by atoms with Crippen molar-refractivity contribution in [3.8, 4) is 17.3 Å². The summed E-state index contributed by atoms with van der Waals surface area (Å²) in [5, 5.41) is 10.8. The Morgan fingerprint density at radius 1 is 1.00 bits per heavy atom. The molecular weight excluding hydrogens is 248 g/mol. The summed E-state index contributed by atoms with van der Waals surface area (Å²) < 4.78 is 0. The maximum atomic E-state index is 11.9. The summed E-state index contributed by atoms with van der Waals surface area (Å²) in [6.07, 6.45) is 3.34. The molecule has 98 valence electrons.